The number of carbonyl (C=O) groups is 1. The Morgan fingerprint density at radius 2 is 1.88 bits per heavy atom. The summed E-state index contributed by atoms with van der Waals surface area (Å²) < 4.78 is 13.3. The number of benzene rings is 2. The van der Waals surface area contributed by atoms with Gasteiger partial charge in [-0.2, -0.15) is 0 Å². The van der Waals surface area contributed by atoms with Gasteiger partial charge < -0.3 is 5.32 Å². The van der Waals surface area contributed by atoms with Gasteiger partial charge in [0.25, 0.3) is 0 Å². The molecular weight excluding hydrogens is 347 g/mol. The van der Waals surface area contributed by atoms with Crippen molar-refractivity contribution in [1.29, 1.82) is 0 Å². The van der Waals surface area contributed by atoms with Crippen LogP contribution in [0.25, 0.3) is 10.6 Å². The third kappa shape index (κ3) is 4.55. The van der Waals surface area contributed by atoms with Crippen molar-refractivity contribution in [3.05, 3.63) is 76.0 Å². The fourth-order valence-corrected chi connectivity index (χ4v) is 3.47. The fraction of sp³-hybridized carbons (Fsp3) is 0.238. The number of rotatable bonds is 6. The number of hydrogen-bond acceptors (Lipinski definition) is 3. The van der Waals surface area contributed by atoms with Crippen LogP contribution in [0.1, 0.15) is 29.3 Å². The van der Waals surface area contributed by atoms with Gasteiger partial charge in [0.05, 0.1) is 12.1 Å². The smallest absolute Gasteiger partial charge is 0.226 e. The number of amides is 1. The van der Waals surface area contributed by atoms with Gasteiger partial charge in [0.1, 0.15) is 10.8 Å². The molecule has 1 N–H and O–H groups in total. The SMILES string of the molecule is CCc1ccc(-c2nc(CC(=O)NCc3ccc(F)c(C)c3)cs2)cc1. The van der Waals surface area contributed by atoms with E-state index in [1.54, 1.807) is 30.4 Å². The highest BCUT2D eigenvalue weighted by Gasteiger charge is 2.09. The van der Waals surface area contributed by atoms with E-state index in [1.165, 1.54) is 11.6 Å². The molecule has 26 heavy (non-hydrogen) atoms. The molecule has 0 radical (unpaired) electrons. The van der Waals surface area contributed by atoms with Crippen LogP contribution in [-0.4, -0.2) is 10.9 Å². The largest absolute Gasteiger partial charge is 0.352 e. The standard InChI is InChI=1S/C21H21FN2OS/c1-3-15-4-7-17(8-5-15)21-24-18(13-26-21)11-20(25)23-12-16-6-9-19(22)14(2)10-16/h4-10,13H,3,11-12H2,1-2H3,(H,23,25). The molecule has 0 aliphatic carbocycles. The molecule has 134 valence electrons. The molecule has 3 nitrogen and oxygen atoms in total. The third-order valence-electron chi connectivity index (χ3n) is 4.21. The van der Waals surface area contributed by atoms with Crippen molar-refractivity contribution in [2.24, 2.45) is 0 Å². The summed E-state index contributed by atoms with van der Waals surface area (Å²) in [5.74, 6) is -0.327. The lowest BCUT2D eigenvalue weighted by molar-refractivity contribution is -0.120. The summed E-state index contributed by atoms with van der Waals surface area (Å²) in [6.07, 6.45) is 1.25. The second kappa shape index (κ2) is 8.23. The zero-order chi connectivity index (χ0) is 18.5. The van der Waals surface area contributed by atoms with Gasteiger partial charge in [0.15, 0.2) is 0 Å². The molecule has 0 bridgehead atoms. The number of nitrogens with one attached hydrogen (secondary N) is 1. The highest BCUT2D eigenvalue weighted by molar-refractivity contribution is 7.13. The van der Waals surface area contributed by atoms with E-state index in [-0.39, 0.29) is 18.1 Å². The van der Waals surface area contributed by atoms with Crippen molar-refractivity contribution in [3.63, 3.8) is 0 Å². The summed E-state index contributed by atoms with van der Waals surface area (Å²) in [7, 11) is 0. The second-order valence-electron chi connectivity index (χ2n) is 6.23. The van der Waals surface area contributed by atoms with Gasteiger partial charge in [-0.25, -0.2) is 9.37 Å². The van der Waals surface area contributed by atoms with Gasteiger partial charge >= 0.3 is 0 Å². The molecule has 0 aliphatic heterocycles. The summed E-state index contributed by atoms with van der Waals surface area (Å²) in [5, 5.41) is 5.70. The van der Waals surface area contributed by atoms with Crippen LogP contribution in [0.2, 0.25) is 0 Å². The van der Waals surface area contributed by atoms with Crippen LogP contribution >= 0.6 is 11.3 Å². The molecular formula is C21H21FN2OS. The first-order chi connectivity index (χ1) is 12.5. The number of nitrogens with zero attached hydrogens (tertiary/aromatic N) is 1. The predicted octanol–water partition coefficient (Wildman–Crippen LogP) is 4.68. The van der Waals surface area contributed by atoms with E-state index in [4.69, 9.17) is 0 Å². The minimum atomic E-state index is -0.234. The number of aromatic nitrogens is 1. The number of carbonyl (C=O) groups excluding carboxylic acids is 1. The van der Waals surface area contributed by atoms with E-state index < -0.39 is 0 Å². The van der Waals surface area contributed by atoms with Crippen molar-refractivity contribution in [2.75, 3.05) is 0 Å². The van der Waals surface area contributed by atoms with Gasteiger partial charge in [-0.1, -0.05) is 43.3 Å². The molecule has 0 saturated carbocycles. The Balaban J connectivity index is 1.57. The summed E-state index contributed by atoms with van der Waals surface area (Å²) in [5.41, 5.74) is 4.58. The molecule has 3 rings (SSSR count). The molecule has 2 aromatic carbocycles. The molecule has 3 aromatic rings. The van der Waals surface area contributed by atoms with Gasteiger partial charge in [-0.3, -0.25) is 4.79 Å². The average Bonchev–Trinajstić information content (AvgIpc) is 3.11. The van der Waals surface area contributed by atoms with Crippen LogP contribution in [-0.2, 0) is 24.2 Å². The Kier molecular flexibility index (Phi) is 5.78. The Morgan fingerprint density at radius 1 is 1.15 bits per heavy atom. The predicted molar refractivity (Wildman–Crippen MR) is 104 cm³/mol. The quantitative estimate of drug-likeness (QED) is 0.686. The first kappa shape index (κ1) is 18.3. The Morgan fingerprint density at radius 3 is 2.58 bits per heavy atom. The molecule has 1 heterocycles. The van der Waals surface area contributed by atoms with Gasteiger partial charge in [-0.15, -0.1) is 11.3 Å². The van der Waals surface area contributed by atoms with Crippen LogP contribution in [0.5, 0.6) is 0 Å². The number of halogens is 1. The molecule has 0 aliphatic rings. The molecule has 0 saturated heterocycles. The first-order valence-corrected chi connectivity index (χ1v) is 9.48. The number of aryl methyl sites for hydroxylation is 2. The van der Waals surface area contributed by atoms with Crippen molar-refractivity contribution >= 4 is 17.2 Å². The highest BCUT2D eigenvalue weighted by Crippen LogP contribution is 2.24. The van der Waals surface area contributed by atoms with Crippen LogP contribution in [0.15, 0.2) is 47.8 Å². The van der Waals surface area contributed by atoms with E-state index >= 15 is 0 Å². The van der Waals surface area contributed by atoms with Gasteiger partial charge in [0.2, 0.25) is 5.91 Å². The summed E-state index contributed by atoms with van der Waals surface area (Å²) in [4.78, 5) is 16.7. The summed E-state index contributed by atoms with van der Waals surface area (Å²) in [6.45, 7) is 4.22. The Bertz CT molecular complexity index is 903. The van der Waals surface area contributed by atoms with Crippen molar-refractivity contribution in [1.82, 2.24) is 10.3 Å². The third-order valence-corrected chi connectivity index (χ3v) is 5.15. The molecule has 5 heteroatoms. The molecule has 1 amide bonds. The minimum absolute atomic E-state index is 0.0924. The Labute approximate surface area is 156 Å². The number of thiazole rings is 1. The average molecular weight is 368 g/mol. The fourth-order valence-electron chi connectivity index (χ4n) is 2.65. The van der Waals surface area contributed by atoms with Crippen LogP contribution in [0, 0.1) is 12.7 Å². The number of hydrogen-bond donors (Lipinski definition) is 1. The normalized spacial score (nSPS) is 10.7. The van der Waals surface area contributed by atoms with Crippen LogP contribution in [0.3, 0.4) is 0 Å². The summed E-state index contributed by atoms with van der Waals surface area (Å²) >= 11 is 1.54. The van der Waals surface area contributed by atoms with E-state index in [1.807, 2.05) is 5.38 Å². The minimum Gasteiger partial charge on any atom is -0.352 e. The van der Waals surface area contributed by atoms with Crippen LogP contribution < -0.4 is 5.32 Å². The molecule has 0 unspecified atom stereocenters. The molecule has 0 spiro atoms. The van der Waals surface area contributed by atoms with E-state index in [0.717, 1.165) is 28.2 Å². The van der Waals surface area contributed by atoms with Crippen molar-refractivity contribution in [3.8, 4) is 10.6 Å². The first-order valence-electron chi connectivity index (χ1n) is 8.60. The highest BCUT2D eigenvalue weighted by atomic mass is 32.1. The summed E-state index contributed by atoms with van der Waals surface area (Å²) in [6, 6.07) is 13.2. The Hall–Kier alpha value is -2.53. The van der Waals surface area contributed by atoms with E-state index in [2.05, 4.69) is 41.5 Å². The maximum atomic E-state index is 13.3. The zero-order valence-electron chi connectivity index (χ0n) is 14.9. The molecule has 0 fully saturated rings. The maximum Gasteiger partial charge on any atom is 0.226 e. The van der Waals surface area contributed by atoms with E-state index in [0.29, 0.717) is 12.1 Å². The maximum absolute atomic E-state index is 13.3. The lowest BCUT2D eigenvalue weighted by Gasteiger charge is -2.06. The van der Waals surface area contributed by atoms with Crippen molar-refractivity contribution in [2.45, 2.75) is 33.2 Å². The zero-order valence-corrected chi connectivity index (χ0v) is 15.7. The lowest BCUT2D eigenvalue weighted by Crippen LogP contribution is -2.24. The molecule has 0 atom stereocenters. The monoisotopic (exact) mass is 368 g/mol. The molecule has 1 aromatic heterocycles. The lowest BCUT2D eigenvalue weighted by atomic mass is 10.1. The van der Waals surface area contributed by atoms with E-state index in [9.17, 15) is 9.18 Å². The van der Waals surface area contributed by atoms with Gasteiger partial charge in [-0.05, 0) is 36.1 Å². The topological polar surface area (TPSA) is 42.0 Å². The van der Waals surface area contributed by atoms with Crippen molar-refractivity contribution < 1.29 is 9.18 Å². The van der Waals surface area contributed by atoms with Crippen LogP contribution in [0.4, 0.5) is 4.39 Å². The van der Waals surface area contributed by atoms with Gasteiger partial charge in [0, 0.05) is 17.5 Å². The second-order valence-corrected chi connectivity index (χ2v) is 7.09.